The van der Waals surface area contributed by atoms with Crippen LogP contribution < -0.4 is 0 Å². The summed E-state index contributed by atoms with van der Waals surface area (Å²) in [6.07, 6.45) is 4.34. The van der Waals surface area contributed by atoms with Crippen molar-refractivity contribution >= 4 is 63.4 Å². The number of benzene rings is 3. The molecule has 1 aliphatic heterocycles. The van der Waals surface area contributed by atoms with E-state index < -0.39 is 11.6 Å². The van der Waals surface area contributed by atoms with Gasteiger partial charge in [0.2, 0.25) is 0 Å². The summed E-state index contributed by atoms with van der Waals surface area (Å²) in [7, 11) is 0. The molecule has 0 aliphatic carbocycles. The molecule has 194 valence electrons. The quantitative estimate of drug-likeness (QED) is 0.179. The third kappa shape index (κ3) is 8.25. The van der Waals surface area contributed by atoms with Crippen molar-refractivity contribution in [3.8, 4) is 0 Å². The fourth-order valence-electron chi connectivity index (χ4n) is 3.69. The Morgan fingerprint density at radius 1 is 0.889 bits per heavy atom. The van der Waals surface area contributed by atoms with Crippen molar-refractivity contribution < 1.29 is 14.6 Å². The summed E-state index contributed by atoms with van der Waals surface area (Å²) in [4.78, 5) is 4.18. The first-order valence-electron chi connectivity index (χ1n) is 10.8. The molecule has 0 aromatic heterocycles. The van der Waals surface area contributed by atoms with Gasteiger partial charge in [0.1, 0.15) is 17.4 Å². The van der Waals surface area contributed by atoms with Crippen LogP contribution in [-0.4, -0.2) is 34.0 Å². The van der Waals surface area contributed by atoms with Gasteiger partial charge in [-0.05, 0) is 59.5 Å². The third-order valence-corrected chi connectivity index (χ3v) is 6.93. The van der Waals surface area contributed by atoms with Crippen LogP contribution in [0.3, 0.4) is 0 Å². The van der Waals surface area contributed by atoms with Crippen molar-refractivity contribution in [3.05, 3.63) is 117 Å². The van der Waals surface area contributed by atoms with E-state index in [4.69, 9.17) is 51.1 Å². The SMILES string of the molecule is Br.Fc1ccc(CCN2C=CN(C(Cl)C(OCc3ccc(Cl)cc3Cl)c3ccc(Cl)cc3)C2)cc1.O. The Labute approximate surface area is 241 Å². The van der Waals surface area contributed by atoms with E-state index in [1.165, 1.54) is 12.1 Å². The molecule has 0 amide bonds. The van der Waals surface area contributed by atoms with Crippen LogP contribution in [-0.2, 0) is 17.8 Å². The smallest absolute Gasteiger partial charge is 0.135 e. The lowest BCUT2D eigenvalue weighted by atomic mass is 10.1. The van der Waals surface area contributed by atoms with Crippen LogP contribution in [0.25, 0.3) is 0 Å². The van der Waals surface area contributed by atoms with Gasteiger partial charge in [-0.1, -0.05) is 76.7 Å². The van der Waals surface area contributed by atoms with E-state index in [1.807, 2.05) is 59.8 Å². The lowest BCUT2D eigenvalue weighted by Gasteiger charge is -2.31. The first-order valence-corrected chi connectivity index (χ1v) is 12.3. The Kier molecular flexibility index (Phi) is 12.3. The molecule has 10 heteroatoms. The molecule has 0 bridgehead atoms. The average Bonchev–Trinajstić information content (AvgIpc) is 3.30. The van der Waals surface area contributed by atoms with Crippen LogP contribution in [0.5, 0.6) is 0 Å². The number of rotatable bonds is 9. The summed E-state index contributed by atoms with van der Waals surface area (Å²) in [5.74, 6) is -0.228. The standard InChI is InChI=1S/C26H23Cl4FN2O.BrH.H2O/c27-21-6-3-19(4-7-21)25(34-16-20-5-8-22(28)15-24(20)29)26(30)33-14-13-32(17-33)12-11-18-1-9-23(31)10-2-18;;/h1-10,13-15,25-26H,11-12,16-17H2;1H;1H2. The van der Waals surface area contributed by atoms with Crippen LogP contribution in [0.15, 0.2) is 79.1 Å². The number of ether oxygens (including phenoxy) is 1. The maximum atomic E-state index is 13.1. The lowest BCUT2D eigenvalue weighted by molar-refractivity contribution is 0.00688. The normalized spacial score (nSPS) is 14.2. The van der Waals surface area contributed by atoms with Crippen LogP contribution in [0, 0.1) is 5.82 Å². The highest BCUT2D eigenvalue weighted by Crippen LogP contribution is 2.33. The molecule has 36 heavy (non-hydrogen) atoms. The van der Waals surface area contributed by atoms with E-state index in [0.717, 1.165) is 29.7 Å². The van der Waals surface area contributed by atoms with Gasteiger partial charge >= 0.3 is 0 Å². The monoisotopic (exact) mass is 636 g/mol. The number of alkyl halides is 1. The average molecular weight is 639 g/mol. The number of halogens is 6. The van der Waals surface area contributed by atoms with Crippen LogP contribution in [0.1, 0.15) is 22.8 Å². The highest BCUT2D eigenvalue weighted by molar-refractivity contribution is 8.93. The zero-order valence-electron chi connectivity index (χ0n) is 19.1. The highest BCUT2D eigenvalue weighted by atomic mass is 79.9. The maximum absolute atomic E-state index is 13.1. The van der Waals surface area contributed by atoms with E-state index in [-0.39, 0.29) is 34.9 Å². The van der Waals surface area contributed by atoms with Gasteiger partial charge in [-0.25, -0.2) is 4.39 Å². The molecule has 3 aromatic rings. The summed E-state index contributed by atoms with van der Waals surface area (Å²) in [6.45, 7) is 1.68. The second kappa shape index (κ2) is 14.4. The van der Waals surface area contributed by atoms with Crippen LogP contribution in [0.4, 0.5) is 4.39 Å². The zero-order valence-corrected chi connectivity index (χ0v) is 23.8. The number of hydrogen-bond acceptors (Lipinski definition) is 3. The predicted octanol–water partition coefficient (Wildman–Crippen LogP) is 7.65. The Balaban J connectivity index is 0.00000228. The molecule has 3 aromatic carbocycles. The van der Waals surface area contributed by atoms with Gasteiger partial charge in [0.05, 0.1) is 13.3 Å². The molecule has 0 saturated carbocycles. The molecule has 2 atom stereocenters. The molecule has 0 spiro atoms. The number of nitrogens with zero attached hydrogens (tertiary/aromatic N) is 2. The van der Waals surface area contributed by atoms with Gasteiger partial charge < -0.3 is 20.0 Å². The molecule has 0 fully saturated rings. The molecule has 1 aliphatic rings. The zero-order chi connectivity index (χ0) is 24.1. The first-order chi connectivity index (χ1) is 16.4. The van der Waals surface area contributed by atoms with E-state index in [0.29, 0.717) is 21.7 Å². The van der Waals surface area contributed by atoms with E-state index >= 15 is 0 Å². The van der Waals surface area contributed by atoms with E-state index in [1.54, 1.807) is 12.1 Å². The van der Waals surface area contributed by atoms with E-state index in [9.17, 15) is 4.39 Å². The first kappa shape index (κ1) is 30.7. The molecule has 0 saturated heterocycles. The molecule has 2 unspecified atom stereocenters. The van der Waals surface area contributed by atoms with Crippen molar-refractivity contribution in [1.29, 1.82) is 0 Å². The van der Waals surface area contributed by atoms with Crippen molar-refractivity contribution in [2.75, 3.05) is 13.2 Å². The summed E-state index contributed by atoms with van der Waals surface area (Å²) in [5, 5.41) is 1.75. The van der Waals surface area contributed by atoms with Crippen molar-refractivity contribution in [1.82, 2.24) is 9.80 Å². The molecule has 1 heterocycles. The van der Waals surface area contributed by atoms with Gasteiger partial charge in [0.15, 0.2) is 0 Å². The summed E-state index contributed by atoms with van der Waals surface area (Å²) in [5.41, 5.74) is 2.34. The maximum Gasteiger partial charge on any atom is 0.135 e. The molecular formula is C26H26BrCl4FN2O2. The van der Waals surface area contributed by atoms with Crippen LogP contribution in [0.2, 0.25) is 15.1 Å². The lowest BCUT2D eigenvalue weighted by Crippen LogP contribution is -2.36. The summed E-state index contributed by atoms with van der Waals surface area (Å²) in [6, 6.07) is 19.4. The number of hydrogen-bond donors (Lipinski definition) is 0. The predicted molar refractivity (Wildman–Crippen MR) is 152 cm³/mol. The fraction of sp³-hybridized carbons (Fsp3) is 0.231. The van der Waals surface area contributed by atoms with E-state index in [2.05, 4.69) is 4.90 Å². The molecule has 0 radical (unpaired) electrons. The minimum Gasteiger partial charge on any atom is -0.412 e. The third-order valence-electron chi connectivity index (χ3n) is 5.61. The largest absolute Gasteiger partial charge is 0.412 e. The van der Waals surface area contributed by atoms with Crippen LogP contribution >= 0.6 is 63.4 Å². The minimum absolute atomic E-state index is 0. The van der Waals surface area contributed by atoms with Gasteiger partial charge in [0.25, 0.3) is 0 Å². The minimum atomic E-state index is -0.473. The molecule has 4 nitrogen and oxygen atoms in total. The summed E-state index contributed by atoms with van der Waals surface area (Å²) < 4.78 is 19.4. The summed E-state index contributed by atoms with van der Waals surface area (Å²) >= 11 is 25.4. The Hall–Kier alpha value is -1.51. The van der Waals surface area contributed by atoms with Gasteiger partial charge in [-0.15, -0.1) is 17.0 Å². The fourth-order valence-corrected chi connectivity index (χ4v) is 4.63. The van der Waals surface area contributed by atoms with Gasteiger partial charge in [-0.3, -0.25) is 0 Å². The van der Waals surface area contributed by atoms with Crippen molar-refractivity contribution in [2.45, 2.75) is 24.6 Å². The topological polar surface area (TPSA) is 47.2 Å². The molecular weight excluding hydrogens is 613 g/mol. The van der Waals surface area contributed by atoms with Gasteiger partial charge in [0, 0.05) is 34.0 Å². The Bertz CT molecular complexity index is 1140. The Morgan fingerprint density at radius 2 is 1.56 bits per heavy atom. The van der Waals surface area contributed by atoms with Crippen molar-refractivity contribution in [2.24, 2.45) is 0 Å². The molecule has 4 rings (SSSR count). The second-order valence-corrected chi connectivity index (χ2v) is 9.76. The highest BCUT2D eigenvalue weighted by Gasteiger charge is 2.29. The Morgan fingerprint density at radius 3 is 2.22 bits per heavy atom. The van der Waals surface area contributed by atoms with Gasteiger partial charge in [-0.2, -0.15) is 0 Å². The van der Waals surface area contributed by atoms with Crippen molar-refractivity contribution in [3.63, 3.8) is 0 Å². The second-order valence-electron chi connectivity index (χ2n) is 8.03. The molecule has 2 N–H and O–H groups in total.